The van der Waals surface area contributed by atoms with E-state index in [1.54, 1.807) is 12.1 Å². The molecule has 2 N–H and O–H groups in total. The maximum Gasteiger partial charge on any atom is 0.261 e. The Morgan fingerprint density at radius 2 is 1.87 bits per heavy atom. The van der Waals surface area contributed by atoms with E-state index in [9.17, 15) is 9.59 Å². The van der Waals surface area contributed by atoms with Crippen molar-refractivity contribution >= 4 is 23.4 Å². The smallest absolute Gasteiger partial charge is 0.261 e. The molecule has 0 atom stereocenters. The molecule has 0 saturated heterocycles. The van der Waals surface area contributed by atoms with Crippen molar-refractivity contribution in [3.05, 3.63) is 34.3 Å². The van der Waals surface area contributed by atoms with Crippen molar-refractivity contribution in [2.75, 3.05) is 13.1 Å². The first-order chi connectivity index (χ1) is 7.15. The van der Waals surface area contributed by atoms with Gasteiger partial charge >= 0.3 is 0 Å². The molecule has 1 aromatic carbocycles. The van der Waals surface area contributed by atoms with Crippen molar-refractivity contribution < 1.29 is 9.59 Å². The van der Waals surface area contributed by atoms with E-state index >= 15 is 0 Å². The SMILES string of the molecule is NCCN1C(=O)c2ccc(Cl)cc2C1=O. The van der Waals surface area contributed by atoms with Crippen molar-refractivity contribution in [1.29, 1.82) is 0 Å². The number of amides is 2. The van der Waals surface area contributed by atoms with E-state index in [4.69, 9.17) is 17.3 Å². The molecule has 0 spiro atoms. The summed E-state index contributed by atoms with van der Waals surface area (Å²) in [5, 5.41) is 0.449. The molecule has 2 amide bonds. The summed E-state index contributed by atoms with van der Waals surface area (Å²) in [5.41, 5.74) is 6.09. The summed E-state index contributed by atoms with van der Waals surface area (Å²) in [6, 6.07) is 4.67. The molecule has 2 rings (SSSR count). The van der Waals surface area contributed by atoms with Gasteiger partial charge in [-0.2, -0.15) is 0 Å². The van der Waals surface area contributed by atoms with Crippen LogP contribution in [0.1, 0.15) is 20.7 Å². The second kappa shape index (κ2) is 3.64. The summed E-state index contributed by atoms with van der Waals surface area (Å²) in [6.07, 6.45) is 0. The van der Waals surface area contributed by atoms with Crippen molar-refractivity contribution in [1.82, 2.24) is 4.90 Å². The van der Waals surface area contributed by atoms with Gasteiger partial charge in [-0.3, -0.25) is 14.5 Å². The van der Waals surface area contributed by atoms with Gasteiger partial charge in [0.1, 0.15) is 0 Å². The molecule has 0 unspecified atom stereocenters. The van der Waals surface area contributed by atoms with Gasteiger partial charge in [0, 0.05) is 18.1 Å². The first kappa shape index (κ1) is 10.1. The van der Waals surface area contributed by atoms with E-state index in [1.165, 1.54) is 6.07 Å². The van der Waals surface area contributed by atoms with E-state index in [0.717, 1.165) is 4.90 Å². The van der Waals surface area contributed by atoms with Crippen molar-refractivity contribution in [3.63, 3.8) is 0 Å². The van der Waals surface area contributed by atoms with Gasteiger partial charge in [0.15, 0.2) is 0 Å². The maximum absolute atomic E-state index is 11.7. The monoisotopic (exact) mass is 224 g/mol. The summed E-state index contributed by atoms with van der Waals surface area (Å²) in [5.74, 6) is -0.611. The Labute approximate surface area is 91.6 Å². The third-order valence-corrected chi connectivity index (χ3v) is 2.52. The molecule has 0 radical (unpaired) electrons. The van der Waals surface area contributed by atoms with Gasteiger partial charge in [-0.25, -0.2) is 0 Å². The lowest BCUT2D eigenvalue weighted by atomic mass is 10.1. The van der Waals surface area contributed by atoms with Crippen LogP contribution in [0.3, 0.4) is 0 Å². The van der Waals surface area contributed by atoms with Gasteiger partial charge in [-0.05, 0) is 18.2 Å². The number of rotatable bonds is 2. The highest BCUT2D eigenvalue weighted by Crippen LogP contribution is 2.25. The minimum Gasteiger partial charge on any atom is -0.329 e. The van der Waals surface area contributed by atoms with E-state index in [0.29, 0.717) is 16.1 Å². The molecule has 0 bridgehead atoms. The Bertz CT molecular complexity index is 445. The summed E-state index contributed by atoms with van der Waals surface area (Å²) in [4.78, 5) is 24.6. The first-order valence-corrected chi connectivity index (χ1v) is 4.88. The average Bonchev–Trinajstić information content (AvgIpc) is 2.44. The van der Waals surface area contributed by atoms with Crippen LogP contribution in [0.2, 0.25) is 5.02 Å². The van der Waals surface area contributed by atoms with Gasteiger partial charge < -0.3 is 5.73 Å². The molecule has 0 fully saturated rings. The number of halogens is 1. The van der Waals surface area contributed by atoms with Crippen LogP contribution in [0, 0.1) is 0 Å². The number of nitrogens with zero attached hydrogens (tertiary/aromatic N) is 1. The molecular formula is C10H9ClN2O2. The normalized spacial score (nSPS) is 14.7. The van der Waals surface area contributed by atoms with Crippen LogP contribution >= 0.6 is 11.6 Å². The zero-order valence-electron chi connectivity index (χ0n) is 7.87. The van der Waals surface area contributed by atoms with Crippen LogP contribution in [0.4, 0.5) is 0 Å². The molecule has 0 aliphatic carbocycles. The fourth-order valence-electron chi connectivity index (χ4n) is 1.60. The third kappa shape index (κ3) is 1.52. The number of hydrogen-bond donors (Lipinski definition) is 1. The molecule has 1 aromatic rings. The predicted molar refractivity (Wildman–Crippen MR) is 55.9 cm³/mol. The van der Waals surface area contributed by atoms with Gasteiger partial charge in [-0.15, -0.1) is 0 Å². The molecule has 0 saturated carbocycles. The first-order valence-electron chi connectivity index (χ1n) is 4.51. The predicted octanol–water partition coefficient (Wildman–Crippen LogP) is 0.895. The lowest BCUT2D eigenvalue weighted by Gasteiger charge is -2.11. The number of nitrogens with two attached hydrogens (primary N) is 1. The summed E-state index contributed by atoms with van der Waals surface area (Å²) in [6.45, 7) is 0.503. The fraction of sp³-hybridized carbons (Fsp3) is 0.200. The summed E-state index contributed by atoms with van der Waals surface area (Å²) >= 11 is 5.75. The fourth-order valence-corrected chi connectivity index (χ4v) is 1.77. The molecule has 0 aromatic heterocycles. The Hall–Kier alpha value is -1.39. The van der Waals surface area contributed by atoms with Crippen LogP contribution in [0.5, 0.6) is 0 Å². The Balaban J connectivity index is 2.46. The quantitative estimate of drug-likeness (QED) is 0.759. The highest BCUT2D eigenvalue weighted by molar-refractivity contribution is 6.32. The van der Waals surface area contributed by atoms with Crippen molar-refractivity contribution in [2.45, 2.75) is 0 Å². The van der Waals surface area contributed by atoms with Crippen LogP contribution in [0.25, 0.3) is 0 Å². The highest BCUT2D eigenvalue weighted by atomic mass is 35.5. The number of fused-ring (bicyclic) bond motifs is 1. The third-order valence-electron chi connectivity index (χ3n) is 2.29. The number of imide groups is 1. The van der Waals surface area contributed by atoms with Gasteiger partial charge in [0.05, 0.1) is 11.1 Å². The standard InChI is InChI=1S/C10H9ClN2O2/c11-6-1-2-7-8(5-6)10(15)13(4-3-12)9(7)14/h1-2,5H,3-4,12H2. The van der Waals surface area contributed by atoms with E-state index < -0.39 is 0 Å². The maximum atomic E-state index is 11.7. The lowest BCUT2D eigenvalue weighted by Crippen LogP contribution is -2.34. The zero-order valence-corrected chi connectivity index (χ0v) is 8.62. The zero-order chi connectivity index (χ0) is 11.0. The minimum atomic E-state index is -0.317. The molecule has 1 aliphatic heterocycles. The second-order valence-electron chi connectivity index (χ2n) is 3.24. The van der Waals surface area contributed by atoms with Crippen LogP contribution < -0.4 is 5.73 Å². The van der Waals surface area contributed by atoms with E-state index in [-0.39, 0.29) is 24.9 Å². The largest absolute Gasteiger partial charge is 0.329 e. The number of benzene rings is 1. The Morgan fingerprint density at radius 1 is 1.20 bits per heavy atom. The van der Waals surface area contributed by atoms with Crippen LogP contribution in [-0.4, -0.2) is 29.8 Å². The Kier molecular flexibility index (Phi) is 2.46. The molecular weight excluding hydrogens is 216 g/mol. The van der Waals surface area contributed by atoms with Crippen LogP contribution in [0.15, 0.2) is 18.2 Å². The topological polar surface area (TPSA) is 63.4 Å². The minimum absolute atomic E-state index is 0.240. The molecule has 1 heterocycles. The highest BCUT2D eigenvalue weighted by Gasteiger charge is 2.34. The van der Waals surface area contributed by atoms with E-state index in [2.05, 4.69) is 0 Å². The second-order valence-corrected chi connectivity index (χ2v) is 3.68. The van der Waals surface area contributed by atoms with Crippen molar-refractivity contribution in [2.24, 2.45) is 5.73 Å². The molecule has 15 heavy (non-hydrogen) atoms. The summed E-state index contributed by atoms with van der Waals surface area (Å²) < 4.78 is 0. The molecule has 5 heteroatoms. The molecule has 78 valence electrons. The van der Waals surface area contributed by atoms with Crippen molar-refractivity contribution in [3.8, 4) is 0 Å². The Morgan fingerprint density at radius 3 is 2.53 bits per heavy atom. The van der Waals surface area contributed by atoms with Gasteiger partial charge in [0.25, 0.3) is 11.8 Å². The van der Waals surface area contributed by atoms with Gasteiger partial charge in [-0.1, -0.05) is 11.6 Å². The summed E-state index contributed by atoms with van der Waals surface area (Å²) in [7, 11) is 0. The molecule has 4 nitrogen and oxygen atoms in total. The average molecular weight is 225 g/mol. The lowest BCUT2D eigenvalue weighted by molar-refractivity contribution is 0.0659. The number of carbonyl (C=O) groups excluding carboxylic acids is 2. The van der Waals surface area contributed by atoms with E-state index in [1.807, 2.05) is 0 Å². The number of hydrogen-bond acceptors (Lipinski definition) is 3. The van der Waals surface area contributed by atoms with Crippen LogP contribution in [-0.2, 0) is 0 Å². The number of carbonyl (C=O) groups is 2. The molecule has 1 aliphatic rings. The van der Waals surface area contributed by atoms with Gasteiger partial charge in [0.2, 0.25) is 0 Å².